The molecule has 0 saturated carbocycles. The first-order valence-corrected chi connectivity index (χ1v) is 15.9. The molecule has 9 aromatic rings. The number of hydrogen-bond donors (Lipinski definition) is 0. The summed E-state index contributed by atoms with van der Waals surface area (Å²) in [4.78, 5) is 0. The summed E-state index contributed by atoms with van der Waals surface area (Å²) < 4.78 is 4.57. The third-order valence-electron chi connectivity index (χ3n) is 9.41. The molecule has 9 rings (SSSR count). The second-order valence-corrected chi connectivity index (χ2v) is 12.0. The summed E-state index contributed by atoms with van der Waals surface area (Å²) in [5, 5.41) is 24.9. The monoisotopic (exact) mass is 610 g/mol. The van der Waals surface area contributed by atoms with E-state index >= 15 is 0 Å². The lowest BCUT2D eigenvalue weighted by Crippen LogP contribution is -1.98. The van der Waals surface area contributed by atoms with Crippen LogP contribution in [0.5, 0.6) is 0 Å². The van der Waals surface area contributed by atoms with Crippen LogP contribution < -0.4 is 0 Å². The van der Waals surface area contributed by atoms with Crippen molar-refractivity contribution >= 4 is 43.6 Å². The fraction of sp³-hybridized carbons (Fsp3) is 0. The van der Waals surface area contributed by atoms with Crippen molar-refractivity contribution in [2.75, 3.05) is 0 Å². The summed E-state index contributed by atoms with van der Waals surface area (Å²) in [7, 11) is 0. The fourth-order valence-corrected chi connectivity index (χ4v) is 7.25. The van der Waals surface area contributed by atoms with Crippen LogP contribution in [0.3, 0.4) is 0 Å². The minimum absolute atomic E-state index is 0.580. The van der Waals surface area contributed by atoms with E-state index in [-0.39, 0.29) is 0 Å². The second-order valence-electron chi connectivity index (χ2n) is 12.0. The number of nitrogens with zero attached hydrogens (tertiary/aromatic N) is 4. The predicted octanol–water partition coefficient (Wildman–Crippen LogP) is 11.0. The topological polar surface area (TPSA) is 57.4 Å². The number of benzene rings is 7. The summed E-state index contributed by atoms with van der Waals surface area (Å²) in [6, 6.07) is 58.8. The molecule has 0 aliphatic heterocycles. The Balaban J connectivity index is 1.21. The summed E-state index contributed by atoms with van der Waals surface area (Å²) >= 11 is 0. The first-order valence-electron chi connectivity index (χ1n) is 15.9. The molecule has 0 aliphatic carbocycles. The summed E-state index contributed by atoms with van der Waals surface area (Å²) in [6.07, 6.45) is 0. The SMILES string of the molecule is N#Cc1ccc(-n2c3ccccc3c3ccccc32)c(-c2ccc(C#N)c(-c3ccc(-n4c5ccccc5c5ccccc54)cc3)c2)c1. The van der Waals surface area contributed by atoms with Crippen molar-refractivity contribution in [1.82, 2.24) is 9.13 Å². The number of fused-ring (bicyclic) bond motifs is 6. The number of para-hydroxylation sites is 4. The first kappa shape index (κ1) is 27.4. The molecular weight excluding hydrogens is 585 g/mol. The average molecular weight is 611 g/mol. The molecular formula is C44H26N4. The van der Waals surface area contributed by atoms with Crippen LogP contribution in [-0.4, -0.2) is 9.13 Å². The molecule has 0 radical (unpaired) electrons. The van der Waals surface area contributed by atoms with E-state index in [0.717, 1.165) is 55.7 Å². The highest BCUT2D eigenvalue weighted by molar-refractivity contribution is 6.10. The van der Waals surface area contributed by atoms with Crippen molar-refractivity contribution in [2.45, 2.75) is 0 Å². The van der Waals surface area contributed by atoms with Crippen LogP contribution in [-0.2, 0) is 0 Å². The average Bonchev–Trinajstić information content (AvgIpc) is 3.67. The van der Waals surface area contributed by atoms with Gasteiger partial charge in [-0.15, -0.1) is 0 Å². The molecule has 2 heterocycles. The number of hydrogen-bond acceptors (Lipinski definition) is 2. The molecule has 0 N–H and O–H groups in total. The molecule has 0 spiro atoms. The highest BCUT2D eigenvalue weighted by atomic mass is 15.0. The van der Waals surface area contributed by atoms with Gasteiger partial charge in [0.2, 0.25) is 0 Å². The van der Waals surface area contributed by atoms with Gasteiger partial charge in [0.05, 0.1) is 51.0 Å². The van der Waals surface area contributed by atoms with Gasteiger partial charge in [0, 0.05) is 38.4 Å². The van der Waals surface area contributed by atoms with Crippen molar-refractivity contribution in [3.8, 4) is 45.8 Å². The Morgan fingerprint density at radius 2 is 0.896 bits per heavy atom. The van der Waals surface area contributed by atoms with Crippen molar-refractivity contribution in [3.63, 3.8) is 0 Å². The van der Waals surface area contributed by atoms with Gasteiger partial charge < -0.3 is 9.13 Å². The zero-order valence-electron chi connectivity index (χ0n) is 25.8. The molecule has 0 saturated heterocycles. The molecule has 0 fully saturated rings. The fourth-order valence-electron chi connectivity index (χ4n) is 7.25. The van der Waals surface area contributed by atoms with Crippen LogP contribution in [0.15, 0.2) is 158 Å². The summed E-state index contributed by atoms with van der Waals surface area (Å²) in [5.74, 6) is 0. The Kier molecular flexibility index (Phi) is 6.22. The van der Waals surface area contributed by atoms with Crippen molar-refractivity contribution < 1.29 is 0 Å². The molecule has 222 valence electrons. The maximum Gasteiger partial charge on any atom is 0.0998 e. The Morgan fingerprint density at radius 1 is 0.396 bits per heavy atom. The van der Waals surface area contributed by atoms with Gasteiger partial charge >= 0.3 is 0 Å². The molecule has 2 aromatic heterocycles. The summed E-state index contributed by atoms with van der Waals surface area (Å²) in [5.41, 5.74) is 11.4. The molecule has 7 aromatic carbocycles. The molecule has 4 heteroatoms. The molecule has 0 unspecified atom stereocenters. The van der Waals surface area contributed by atoms with Crippen molar-refractivity contribution in [2.24, 2.45) is 0 Å². The molecule has 4 nitrogen and oxygen atoms in total. The Morgan fingerprint density at radius 3 is 1.42 bits per heavy atom. The molecule has 0 amide bonds. The molecule has 48 heavy (non-hydrogen) atoms. The van der Waals surface area contributed by atoms with Gasteiger partial charge in [0.25, 0.3) is 0 Å². The van der Waals surface area contributed by atoms with E-state index in [2.05, 4.69) is 149 Å². The van der Waals surface area contributed by atoms with Gasteiger partial charge in [-0.3, -0.25) is 0 Å². The largest absolute Gasteiger partial charge is 0.309 e. The molecule has 0 bridgehead atoms. The van der Waals surface area contributed by atoms with Crippen LogP contribution in [0.4, 0.5) is 0 Å². The standard InChI is InChI=1S/C44H26N4/c45-27-29-17-24-44(48-42-15-7-3-11-36(42)37-12-4-8-16-43(37)48)39(25-29)31-18-19-32(28-46)38(26-31)30-20-22-33(23-21-30)47-40-13-5-1-9-34(40)35-10-2-6-14-41(35)47/h1-26H. The van der Waals surface area contributed by atoms with Gasteiger partial charge in [0.1, 0.15) is 0 Å². The van der Waals surface area contributed by atoms with Gasteiger partial charge in [-0.05, 0) is 77.9 Å². The van der Waals surface area contributed by atoms with Gasteiger partial charge in [-0.2, -0.15) is 10.5 Å². The van der Waals surface area contributed by atoms with E-state index in [1.54, 1.807) is 0 Å². The Bertz CT molecular complexity index is 2690. The lowest BCUT2D eigenvalue weighted by molar-refractivity contribution is 1.18. The Labute approximate surface area is 277 Å². The minimum Gasteiger partial charge on any atom is -0.309 e. The van der Waals surface area contributed by atoms with E-state index < -0.39 is 0 Å². The molecule has 0 atom stereocenters. The van der Waals surface area contributed by atoms with Crippen LogP contribution in [0, 0.1) is 22.7 Å². The quantitative estimate of drug-likeness (QED) is 0.199. The van der Waals surface area contributed by atoms with Crippen molar-refractivity contribution in [3.05, 3.63) is 169 Å². The van der Waals surface area contributed by atoms with E-state index in [9.17, 15) is 10.5 Å². The predicted molar refractivity (Wildman–Crippen MR) is 195 cm³/mol. The van der Waals surface area contributed by atoms with Crippen molar-refractivity contribution in [1.29, 1.82) is 10.5 Å². The van der Waals surface area contributed by atoms with Crippen LogP contribution in [0.2, 0.25) is 0 Å². The van der Waals surface area contributed by atoms with Gasteiger partial charge in [-0.1, -0.05) is 91.0 Å². The Hall–Kier alpha value is -6.88. The van der Waals surface area contributed by atoms with E-state index in [0.29, 0.717) is 11.1 Å². The maximum absolute atomic E-state index is 10.2. The van der Waals surface area contributed by atoms with Gasteiger partial charge in [0.15, 0.2) is 0 Å². The normalized spacial score (nSPS) is 11.3. The number of aromatic nitrogens is 2. The smallest absolute Gasteiger partial charge is 0.0998 e. The second kappa shape index (κ2) is 10.9. The van der Waals surface area contributed by atoms with E-state index in [1.807, 2.05) is 30.3 Å². The maximum atomic E-state index is 10.2. The van der Waals surface area contributed by atoms with E-state index in [1.165, 1.54) is 21.5 Å². The highest BCUT2D eigenvalue weighted by Crippen LogP contribution is 2.39. The van der Waals surface area contributed by atoms with E-state index in [4.69, 9.17) is 0 Å². The zero-order chi connectivity index (χ0) is 32.2. The highest BCUT2D eigenvalue weighted by Gasteiger charge is 2.18. The third kappa shape index (κ3) is 4.14. The van der Waals surface area contributed by atoms with Gasteiger partial charge in [-0.25, -0.2) is 0 Å². The summed E-state index contributed by atoms with van der Waals surface area (Å²) in [6.45, 7) is 0. The molecule has 0 aliphatic rings. The first-order chi connectivity index (χ1) is 23.7. The van der Waals surface area contributed by atoms with Crippen LogP contribution in [0.25, 0.3) is 77.2 Å². The number of nitriles is 2. The lowest BCUT2D eigenvalue weighted by Gasteiger charge is -2.16. The zero-order valence-corrected chi connectivity index (χ0v) is 25.8. The minimum atomic E-state index is 0.580. The third-order valence-corrected chi connectivity index (χ3v) is 9.41. The lowest BCUT2D eigenvalue weighted by atomic mass is 9.93. The van der Waals surface area contributed by atoms with Crippen LogP contribution >= 0.6 is 0 Å². The number of rotatable bonds is 4. The van der Waals surface area contributed by atoms with Crippen LogP contribution in [0.1, 0.15) is 11.1 Å².